The van der Waals surface area contributed by atoms with Crippen molar-refractivity contribution < 1.29 is 19.1 Å². The maximum absolute atomic E-state index is 13.4. The molecule has 176 valence electrons. The van der Waals surface area contributed by atoms with Gasteiger partial charge in [0.05, 0.1) is 13.7 Å². The summed E-state index contributed by atoms with van der Waals surface area (Å²) in [4.78, 5) is 28.2. The second-order valence-electron chi connectivity index (χ2n) is 8.30. The number of hydrogen-bond acceptors (Lipinski definition) is 4. The van der Waals surface area contributed by atoms with Crippen LogP contribution in [0.1, 0.15) is 52.9 Å². The van der Waals surface area contributed by atoms with Gasteiger partial charge in [0.15, 0.2) is 0 Å². The van der Waals surface area contributed by atoms with Gasteiger partial charge in [-0.2, -0.15) is 0 Å². The van der Waals surface area contributed by atoms with E-state index in [0.717, 1.165) is 35.3 Å². The number of para-hydroxylation sites is 1. The molecule has 6 nitrogen and oxygen atoms in total. The normalized spacial score (nSPS) is 14.6. The van der Waals surface area contributed by atoms with Crippen LogP contribution in [0.2, 0.25) is 0 Å². The van der Waals surface area contributed by atoms with Crippen LogP contribution in [0, 0.1) is 0 Å². The molecule has 0 saturated carbocycles. The van der Waals surface area contributed by atoms with Crippen molar-refractivity contribution in [1.82, 2.24) is 10.2 Å². The zero-order valence-corrected chi connectivity index (χ0v) is 19.6. The highest BCUT2D eigenvalue weighted by Crippen LogP contribution is 2.35. The number of amides is 2. The molecule has 2 amide bonds. The second-order valence-corrected chi connectivity index (χ2v) is 8.30. The predicted octanol–water partition coefficient (Wildman–Crippen LogP) is 4.89. The molecule has 4 rings (SSSR count). The van der Waals surface area contributed by atoms with E-state index in [0.29, 0.717) is 31.0 Å². The standard InChI is InChI=1S/C28H30N2O4/c1-3-4-17-34-22-15-13-20(14-16-22)19-30-26(23-10-6-7-11-24(23)28(30)32)27(31)29-18-21-9-5-8-12-25(21)33-2/h5-16,26H,3-4,17-19H2,1-2H3,(H,29,31). The molecule has 1 heterocycles. The molecule has 1 aliphatic rings. The average molecular weight is 459 g/mol. The molecule has 0 aromatic heterocycles. The number of carbonyl (C=O) groups is 2. The van der Waals surface area contributed by atoms with E-state index in [1.165, 1.54) is 0 Å². The van der Waals surface area contributed by atoms with E-state index >= 15 is 0 Å². The molecule has 0 radical (unpaired) electrons. The van der Waals surface area contributed by atoms with Crippen LogP contribution < -0.4 is 14.8 Å². The van der Waals surface area contributed by atoms with E-state index in [1.807, 2.05) is 66.7 Å². The minimum absolute atomic E-state index is 0.142. The Hall–Kier alpha value is -3.80. The summed E-state index contributed by atoms with van der Waals surface area (Å²) in [6, 6.07) is 21.9. The monoisotopic (exact) mass is 458 g/mol. The van der Waals surface area contributed by atoms with Crippen LogP contribution in [0.5, 0.6) is 11.5 Å². The third-order valence-electron chi connectivity index (χ3n) is 6.00. The highest BCUT2D eigenvalue weighted by Gasteiger charge is 2.40. The van der Waals surface area contributed by atoms with Crippen molar-refractivity contribution in [2.45, 2.75) is 38.9 Å². The van der Waals surface area contributed by atoms with Gasteiger partial charge in [-0.05, 0) is 41.8 Å². The SMILES string of the molecule is CCCCOc1ccc(CN2C(=O)c3ccccc3C2C(=O)NCc2ccccc2OC)cc1. The van der Waals surface area contributed by atoms with Crippen LogP contribution in [-0.4, -0.2) is 30.4 Å². The molecule has 3 aromatic carbocycles. The molecule has 3 aromatic rings. The zero-order valence-electron chi connectivity index (χ0n) is 19.6. The van der Waals surface area contributed by atoms with E-state index < -0.39 is 6.04 Å². The first-order chi connectivity index (χ1) is 16.6. The van der Waals surface area contributed by atoms with Crippen molar-refractivity contribution in [3.63, 3.8) is 0 Å². The quantitative estimate of drug-likeness (QED) is 0.440. The molecular formula is C28H30N2O4. The van der Waals surface area contributed by atoms with Gasteiger partial charge in [0.2, 0.25) is 5.91 Å². The summed E-state index contributed by atoms with van der Waals surface area (Å²) < 4.78 is 11.1. The van der Waals surface area contributed by atoms with Crippen LogP contribution in [0.4, 0.5) is 0 Å². The highest BCUT2D eigenvalue weighted by atomic mass is 16.5. The molecule has 0 aliphatic carbocycles. The van der Waals surface area contributed by atoms with Gasteiger partial charge in [-0.3, -0.25) is 9.59 Å². The Bertz CT molecular complexity index is 1140. The van der Waals surface area contributed by atoms with E-state index in [9.17, 15) is 9.59 Å². The van der Waals surface area contributed by atoms with E-state index in [2.05, 4.69) is 12.2 Å². The third kappa shape index (κ3) is 5.06. The lowest BCUT2D eigenvalue weighted by Gasteiger charge is -2.25. The maximum atomic E-state index is 13.4. The Morgan fingerprint density at radius 3 is 2.50 bits per heavy atom. The first-order valence-electron chi connectivity index (χ1n) is 11.6. The summed E-state index contributed by atoms with van der Waals surface area (Å²) in [6.45, 7) is 3.45. The Kier molecular flexibility index (Phi) is 7.48. The molecule has 1 unspecified atom stereocenters. The van der Waals surface area contributed by atoms with Crippen LogP contribution in [-0.2, 0) is 17.9 Å². The first kappa shape index (κ1) is 23.4. The van der Waals surface area contributed by atoms with Gasteiger partial charge in [-0.15, -0.1) is 0 Å². The number of benzene rings is 3. The summed E-state index contributed by atoms with van der Waals surface area (Å²) >= 11 is 0. The Balaban J connectivity index is 1.51. The topological polar surface area (TPSA) is 67.9 Å². The van der Waals surface area contributed by atoms with Gasteiger partial charge in [-0.1, -0.05) is 61.9 Å². The molecule has 34 heavy (non-hydrogen) atoms. The number of methoxy groups -OCH3 is 1. The second kappa shape index (κ2) is 10.9. The summed E-state index contributed by atoms with van der Waals surface area (Å²) in [5.41, 5.74) is 3.11. The Morgan fingerprint density at radius 2 is 1.74 bits per heavy atom. The molecule has 0 fully saturated rings. The summed E-state index contributed by atoms with van der Waals surface area (Å²) in [5, 5.41) is 3.00. The largest absolute Gasteiger partial charge is 0.496 e. The number of nitrogens with one attached hydrogen (secondary N) is 1. The van der Waals surface area contributed by atoms with Crippen molar-refractivity contribution in [3.05, 3.63) is 95.1 Å². The van der Waals surface area contributed by atoms with E-state index in [1.54, 1.807) is 18.1 Å². The average Bonchev–Trinajstić information content (AvgIpc) is 3.15. The number of fused-ring (bicyclic) bond motifs is 1. The fraction of sp³-hybridized carbons (Fsp3) is 0.286. The number of unbranched alkanes of at least 4 members (excludes halogenated alkanes) is 1. The lowest BCUT2D eigenvalue weighted by molar-refractivity contribution is -0.125. The van der Waals surface area contributed by atoms with Gasteiger partial charge in [0.1, 0.15) is 17.5 Å². The summed E-state index contributed by atoms with van der Waals surface area (Å²) in [5.74, 6) is 1.16. The molecule has 6 heteroatoms. The van der Waals surface area contributed by atoms with Crippen LogP contribution >= 0.6 is 0 Å². The van der Waals surface area contributed by atoms with Gasteiger partial charge < -0.3 is 19.7 Å². The lowest BCUT2D eigenvalue weighted by Crippen LogP contribution is -2.38. The number of rotatable bonds is 10. The third-order valence-corrected chi connectivity index (χ3v) is 6.00. The van der Waals surface area contributed by atoms with Gasteiger partial charge >= 0.3 is 0 Å². The maximum Gasteiger partial charge on any atom is 0.255 e. The van der Waals surface area contributed by atoms with Crippen molar-refractivity contribution in [2.24, 2.45) is 0 Å². The zero-order chi connectivity index (χ0) is 23.9. The minimum atomic E-state index is -0.695. The van der Waals surface area contributed by atoms with Crippen LogP contribution in [0.25, 0.3) is 0 Å². The number of ether oxygens (including phenoxy) is 2. The number of nitrogens with zero attached hydrogens (tertiary/aromatic N) is 1. The van der Waals surface area contributed by atoms with Gasteiger partial charge in [-0.25, -0.2) is 0 Å². The van der Waals surface area contributed by atoms with Crippen LogP contribution in [0.3, 0.4) is 0 Å². The molecule has 0 saturated heterocycles. The van der Waals surface area contributed by atoms with E-state index in [-0.39, 0.29) is 11.8 Å². The molecule has 1 N–H and O–H groups in total. The Labute approximate surface area is 200 Å². The molecular weight excluding hydrogens is 428 g/mol. The Morgan fingerprint density at radius 1 is 1.00 bits per heavy atom. The molecule has 1 aliphatic heterocycles. The van der Waals surface area contributed by atoms with E-state index in [4.69, 9.17) is 9.47 Å². The van der Waals surface area contributed by atoms with Gasteiger partial charge in [0, 0.05) is 24.2 Å². The van der Waals surface area contributed by atoms with Crippen molar-refractivity contribution in [2.75, 3.05) is 13.7 Å². The number of hydrogen-bond donors (Lipinski definition) is 1. The lowest BCUT2D eigenvalue weighted by atomic mass is 10.0. The highest BCUT2D eigenvalue weighted by molar-refractivity contribution is 6.04. The smallest absolute Gasteiger partial charge is 0.255 e. The minimum Gasteiger partial charge on any atom is -0.496 e. The molecule has 1 atom stereocenters. The molecule has 0 spiro atoms. The van der Waals surface area contributed by atoms with Crippen molar-refractivity contribution in [3.8, 4) is 11.5 Å². The fourth-order valence-corrected chi connectivity index (χ4v) is 4.17. The summed E-state index contributed by atoms with van der Waals surface area (Å²) in [6.07, 6.45) is 2.09. The fourth-order valence-electron chi connectivity index (χ4n) is 4.17. The van der Waals surface area contributed by atoms with Gasteiger partial charge in [0.25, 0.3) is 5.91 Å². The summed E-state index contributed by atoms with van der Waals surface area (Å²) in [7, 11) is 1.61. The molecule has 0 bridgehead atoms. The van der Waals surface area contributed by atoms with Crippen LogP contribution in [0.15, 0.2) is 72.8 Å². The predicted molar refractivity (Wildman–Crippen MR) is 131 cm³/mol. The van der Waals surface area contributed by atoms with Crippen molar-refractivity contribution >= 4 is 11.8 Å². The number of carbonyl (C=O) groups excluding carboxylic acids is 2. The van der Waals surface area contributed by atoms with Crippen molar-refractivity contribution in [1.29, 1.82) is 0 Å². The first-order valence-corrected chi connectivity index (χ1v) is 11.6.